The van der Waals surface area contributed by atoms with E-state index >= 15 is 0 Å². The highest BCUT2D eigenvalue weighted by Crippen LogP contribution is 2.21. The van der Waals surface area contributed by atoms with Crippen LogP contribution >= 0.6 is 0 Å². The zero-order chi connectivity index (χ0) is 11.0. The number of nitrogens with one attached hydrogen (secondary N) is 1. The maximum atomic E-state index is 5.65. The summed E-state index contributed by atoms with van der Waals surface area (Å²) < 4.78 is 5.65. The summed E-state index contributed by atoms with van der Waals surface area (Å²) in [4.78, 5) is 10.8. The van der Waals surface area contributed by atoms with Gasteiger partial charge in [-0.3, -0.25) is 0 Å². The Kier molecular flexibility index (Phi) is 2.25. The fourth-order valence-electron chi connectivity index (χ4n) is 2.01. The highest BCUT2D eigenvalue weighted by Gasteiger charge is 2.22. The van der Waals surface area contributed by atoms with Crippen molar-refractivity contribution in [1.29, 1.82) is 0 Å². The van der Waals surface area contributed by atoms with Gasteiger partial charge in [-0.15, -0.1) is 0 Å². The minimum Gasteiger partial charge on any atom is -0.404 e. The van der Waals surface area contributed by atoms with Crippen molar-refractivity contribution in [2.45, 2.75) is 13.0 Å². The number of rotatable bonds is 1. The number of fused-ring (bicyclic) bond motifs is 1. The van der Waals surface area contributed by atoms with Gasteiger partial charge in [0.2, 0.25) is 5.71 Å². The molecular formula is C11H14N4O. The molecule has 1 atom stereocenters. The Morgan fingerprint density at radius 2 is 2.50 bits per heavy atom. The fourth-order valence-corrected chi connectivity index (χ4v) is 2.01. The van der Waals surface area contributed by atoms with Crippen molar-refractivity contribution in [2.75, 3.05) is 24.5 Å². The molecule has 0 saturated carbocycles. The van der Waals surface area contributed by atoms with Crippen molar-refractivity contribution >= 4 is 17.2 Å². The van der Waals surface area contributed by atoms with Crippen molar-refractivity contribution < 1.29 is 4.42 Å². The number of piperazine rings is 1. The lowest BCUT2D eigenvalue weighted by Gasteiger charge is -2.32. The molecule has 0 bridgehead atoms. The second-order valence-electron chi connectivity index (χ2n) is 4.07. The van der Waals surface area contributed by atoms with E-state index in [1.54, 1.807) is 6.20 Å². The van der Waals surface area contributed by atoms with Gasteiger partial charge >= 0.3 is 0 Å². The summed E-state index contributed by atoms with van der Waals surface area (Å²) >= 11 is 0. The van der Waals surface area contributed by atoms with Crippen LogP contribution in [0.5, 0.6) is 0 Å². The molecule has 1 saturated heterocycles. The molecule has 1 N–H and O–H groups in total. The van der Waals surface area contributed by atoms with E-state index in [0.717, 1.165) is 25.2 Å². The van der Waals surface area contributed by atoms with E-state index in [0.29, 0.717) is 17.8 Å². The molecular weight excluding hydrogens is 204 g/mol. The van der Waals surface area contributed by atoms with E-state index in [1.165, 1.54) is 0 Å². The first-order valence-corrected chi connectivity index (χ1v) is 5.53. The third kappa shape index (κ3) is 1.53. The molecule has 2 aromatic heterocycles. The molecule has 0 unspecified atom stereocenters. The molecule has 1 aliphatic heterocycles. The van der Waals surface area contributed by atoms with E-state index in [1.807, 2.05) is 12.1 Å². The third-order valence-electron chi connectivity index (χ3n) is 2.90. The van der Waals surface area contributed by atoms with Crippen LogP contribution in [0.25, 0.3) is 11.2 Å². The van der Waals surface area contributed by atoms with Gasteiger partial charge in [0.15, 0.2) is 0 Å². The van der Waals surface area contributed by atoms with Crippen LogP contribution in [0.2, 0.25) is 0 Å². The fraction of sp³-hybridized carbons (Fsp3) is 0.455. The summed E-state index contributed by atoms with van der Waals surface area (Å²) in [5.41, 5.74) is 1.44. The lowest BCUT2D eigenvalue weighted by Crippen LogP contribution is -2.50. The molecule has 2 aromatic rings. The van der Waals surface area contributed by atoms with Crippen molar-refractivity contribution in [2.24, 2.45) is 0 Å². The predicted molar refractivity (Wildman–Crippen MR) is 61.5 cm³/mol. The average Bonchev–Trinajstić information content (AvgIpc) is 2.73. The van der Waals surface area contributed by atoms with Gasteiger partial charge < -0.3 is 14.6 Å². The van der Waals surface area contributed by atoms with Crippen molar-refractivity contribution in [1.82, 2.24) is 15.3 Å². The zero-order valence-electron chi connectivity index (χ0n) is 9.18. The standard InChI is InChI=1S/C11H14N4O/c1-8-7-12-5-6-15(8)11-14-9-3-2-4-13-10(9)16-11/h2-4,8,12H,5-7H2,1H3/t8-/m0/s1. The molecule has 1 fully saturated rings. The van der Waals surface area contributed by atoms with Gasteiger partial charge in [0.05, 0.1) is 0 Å². The van der Waals surface area contributed by atoms with Crippen molar-refractivity contribution in [3.63, 3.8) is 0 Å². The van der Waals surface area contributed by atoms with Crippen LogP contribution in [0.15, 0.2) is 22.7 Å². The van der Waals surface area contributed by atoms with E-state index in [9.17, 15) is 0 Å². The largest absolute Gasteiger partial charge is 0.404 e. The molecule has 3 rings (SSSR count). The predicted octanol–water partition coefficient (Wildman–Crippen LogP) is 1.02. The van der Waals surface area contributed by atoms with Crippen LogP contribution in [0.3, 0.4) is 0 Å². The Labute approximate surface area is 93.5 Å². The summed E-state index contributed by atoms with van der Waals surface area (Å²) in [5.74, 6) is 0. The highest BCUT2D eigenvalue weighted by atomic mass is 16.4. The Morgan fingerprint density at radius 3 is 3.31 bits per heavy atom. The number of hydrogen-bond acceptors (Lipinski definition) is 5. The molecule has 0 aromatic carbocycles. The Hall–Kier alpha value is -1.62. The van der Waals surface area contributed by atoms with Crippen LogP contribution in [-0.2, 0) is 0 Å². The minimum absolute atomic E-state index is 0.404. The maximum absolute atomic E-state index is 5.65. The molecule has 16 heavy (non-hydrogen) atoms. The number of pyridine rings is 1. The van der Waals surface area contributed by atoms with Crippen LogP contribution in [0.4, 0.5) is 6.01 Å². The zero-order valence-corrected chi connectivity index (χ0v) is 9.18. The Bertz CT molecular complexity index is 462. The van der Waals surface area contributed by atoms with Gasteiger partial charge in [-0.05, 0) is 19.1 Å². The molecule has 84 valence electrons. The van der Waals surface area contributed by atoms with Crippen LogP contribution < -0.4 is 10.2 Å². The van der Waals surface area contributed by atoms with Gasteiger partial charge in [-0.1, -0.05) is 0 Å². The van der Waals surface area contributed by atoms with E-state index in [-0.39, 0.29) is 0 Å². The number of hydrogen-bond donors (Lipinski definition) is 1. The first kappa shape index (κ1) is 9.59. The highest BCUT2D eigenvalue weighted by molar-refractivity contribution is 5.69. The molecule has 3 heterocycles. The first-order valence-electron chi connectivity index (χ1n) is 5.53. The average molecular weight is 218 g/mol. The van der Waals surface area contributed by atoms with Gasteiger partial charge in [-0.25, -0.2) is 4.98 Å². The second kappa shape index (κ2) is 3.75. The quantitative estimate of drug-likeness (QED) is 0.774. The van der Waals surface area contributed by atoms with E-state index < -0.39 is 0 Å². The second-order valence-corrected chi connectivity index (χ2v) is 4.07. The Balaban J connectivity index is 1.98. The van der Waals surface area contributed by atoms with Gasteiger partial charge in [0.25, 0.3) is 6.01 Å². The normalized spacial score (nSPS) is 21.6. The smallest absolute Gasteiger partial charge is 0.300 e. The van der Waals surface area contributed by atoms with E-state index in [2.05, 4.69) is 27.1 Å². The van der Waals surface area contributed by atoms with Crippen molar-refractivity contribution in [3.8, 4) is 0 Å². The molecule has 0 aliphatic carbocycles. The van der Waals surface area contributed by atoms with Crippen LogP contribution in [-0.4, -0.2) is 35.6 Å². The topological polar surface area (TPSA) is 54.2 Å². The molecule has 0 spiro atoms. The Morgan fingerprint density at radius 1 is 1.56 bits per heavy atom. The molecule has 0 radical (unpaired) electrons. The lowest BCUT2D eigenvalue weighted by atomic mass is 10.2. The number of anilines is 1. The maximum Gasteiger partial charge on any atom is 0.300 e. The van der Waals surface area contributed by atoms with Crippen molar-refractivity contribution in [3.05, 3.63) is 18.3 Å². The van der Waals surface area contributed by atoms with Gasteiger partial charge in [0.1, 0.15) is 5.52 Å². The monoisotopic (exact) mass is 218 g/mol. The van der Waals surface area contributed by atoms with Gasteiger partial charge in [-0.2, -0.15) is 4.98 Å². The molecule has 1 aliphatic rings. The van der Waals surface area contributed by atoms with E-state index in [4.69, 9.17) is 4.42 Å². The third-order valence-corrected chi connectivity index (χ3v) is 2.90. The van der Waals surface area contributed by atoms with Gasteiger partial charge in [0, 0.05) is 31.9 Å². The van der Waals surface area contributed by atoms with Crippen LogP contribution in [0.1, 0.15) is 6.92 Å². The lowest BCUT2D eigenvalue weighted by molar-refractivity contribution is 0.454. The summed E-state index contributed by atoms with van der Waals surface area (Å²) in [6.07, 6.45) is 1.72. The van der Waals surface area contributed by atoms with Crippen LogP contribution in [0, 0.1) is 0 Å². The minimum atomic E-state index is 0.404. The first-order chi connectivity index (χ1) is 7.84. The molecule has 5 heteroatoms. The summed E-state index contributed by atoms with van der Waals surface area (Å²) in [5, 5.41) is 3.34. The molecule has 5 nitrogen and oxygen atoms in total. The SMILES string of the molecule is C[C@H]1CNCCN1c1nc2cccnc2o1. The summed E-state index contributed by atoms with van der Waals surface area (Å²) in [6.45, 7) is 5.02. The number of oxazole rings is 1. The number of aromatic nitrogens is 2. The molecule has 0 amide bonds. The number of nitrogens with zero attached hydrogens (tertiary/aromatic N) is 3. The summed E-state index contributed by atoms with van der Waals surface area (Å²) in [7, 11) is 0. The summed E-state index contributed by atoms with van der Waals surface area (Å²) in [6, 6.07) is 4.88.